The van der Waals surface area contributed by atoms with Crippen LogP contribution in [0.15, 0.2) is 146 Å². The van der Waals surface area contributed by atoms with E-state index in [4.69, 9.17) is 62.3 Å². The lowest BCUT2D eigenvalue weighted by atomic mass is 9.86. The van der Waals surface area contributed by atoms with E-state index in [2.05, 4.69) is 72.8 Å². The Morgan fingerprint density at radius 1 is 0.230 bits per heavy atom. The second kappa shape index (κ2) is 28.3. The molecule has 24 nitrogen and oxygen atoms in total. The average Bonchev–Trinajstić information content (AvgIpc) is 0.720. The molecule has 0 atom stereocenters. The third-order valence-corrected chi connectivity index (χ3v) is 18.4. The minimum atomic E-state index is -0.529. The highest BCUT2D eigenvalue weighted by molar-refractivity contribution is 6.35. The van der Waals surface area contributed by atoms with Gasteiger partial charge in [0.25, 0.3) is 47.3 Å². The second-order valence-corrected chi connectivity index (χ2v) is 24.0. The summed E-state index contributed by atoms with van der Waals surface area (Å²) in [6.07, 6.45) is 0. The number of hydrogen-bond acceptors (Lipinski definition) is 20. The number of aliphatic hydroxyl groups excluding tert-OH is 4. The van der Waals surface area contributed by atoms with E-state index < -0.39 is 47.3 Å². The van der Waals surface area contributed by atoms with Crippen molar-refractivity contribution in [2.45, 2.75) is 0 Å². The van der Waals surface area contributed by atoms with Gasteiger partial charge in [0, 0.05) is 110 Å². The molecule has 0 aromatic heterocycles. The SMILES string of the molecule is Nc1ccc2ccc3ccc(N)c4ccc1c2c34.Nc1ccc2ccc3ccc(N)c4ccc1c2c34.O=C1c2ccc3c4c(ccc(c24)C(=O)N1CCOCCO)C(=O)N(CCOCCO)C3=O.O=C1c2ccc3c4c(ccc(c24)C(=O)N1CCOCCO)C(=O)N(CCOCCO)C3=O. The maximum absolute atomic E-state index is 13.0. The Morgan fingerprint density at radius 2 is 0.400 bits per heavy atom. The van der Waals surface area contributed by atoms with Crippen molar-refractivity contribution in [2.24, 2.45) is 0 Å². The molecule has 0 saturated heterocycles. The number of carbonyl (C=O) groups is 8. The molecule has 4 aliphatic rings. The van der Waals surface area contributed by atoms with Gasteiger partial charge >= 0.3 is 0 Å². The number of anilines is 4. The first kappa shape index (κ1) is 67.3. The summed E-state index contributed by atoms with van der Waals surface area (Å²) >= 11 is 0. The van der Waals surface area contributed by atoms with Crippen LogP contribution in [0.25, 0.3) is 86.2 Å². The van der Waals surface area contributed by atoms with Crippen LogP contribution in [0, 0.1) is 0 Å². The molecular weight excluding hydrogens is 1280 g/mol. The number of nitrogens with two attached hydrogens (primary N) is 4. The van der Waals surface area contributed by atoms with Crippen molar-refractivity contribution in [3.05, 3.63) is 190 Å². The Kier molecular flexibility index (Phi) is 19.0. The number of imide groups is 4. The van der Waals surface area contributed by atoms with Gasteiger partial charge in [-0.2, -0.15) is 0 Å². The van der Waals surface area contributed by atoms with Crippen LogP contribution in [0.1, 0.15) is 82.9 Å². The lowest BCUT2D eigenvalue weighted by Crippen LogP contribution is -2.45. The van der Waals surface area contributed by atoms with Gasteiger partial charge in [0.2, 0.25) is 0 Å². The molecule has 0 fully saturated rings. The molecule has 8 amide bonds. The number of hydrogen-bond donors (Lipinski definition) is 8. The first-order valence-corrected chi connectivity index (χ1v) is 32.3. The van der Waals surface area contributed by atoms with Gasteiger partial charge in [-0.1, -0.05) is 72.8 Å². The molecule has 4 heterocycles. The topological polar surface area (TPSA) is 371 Å². The molecule has 12 N–H and O–H groups in total. The molecule has 0 saturated carbocycles. The number of amides is 8. The van der Waals surface area contributed by atoms with Crippen LogP contribution >= 0.6 is 0 Å². The maximum atomic E-state index is 13.0. The summed E-state index contributed by atoms with van der Waals surface area (Å²) in [5.74, 6) is -4.23. The maximum Gasteiger partial charge on any atom is 0.261 e. The van der Waals surface area contributed by atoms with Gasteiger partial charge in [-0.15, -0.1) is 0 Å². The first-order valence-electron chi connectivity index (χ1n) is 32.3. The smallest absolute Gasteiger partial charge is 0.261 e. The molecule has 0 bridgehead atoms. The minimum absolute atomic E-state index is 0.0155. The van der Waals surface area contributed by atoms with E-state index in [9.17, 15) is 38.4 Å². The van der Waals surface area contributed by atoms with Gasteiger partial charge in [-0.05, 0) is 116 Å². The molecule has 12 aromatic rings. The van der Waals surface area contributed by atoms with Crippen LogP contribution in [0.3, 0.4) is 0 Å². The van der Waals surface area contributed by atoms with E-state index in [1.807, 2.05) is 24.3 Å². The fourth-order valence-corrected chi connectivity index (χ4v) is 13.7. The zero-order valence-corrected chi connectivity index (χ0v) is 54.0. The van der Waals surface area contributed by atoms with E-state index >= 15 is 0 Å². The lowest BCUT2D eigenvalue weighted by Gasteiger charge is -2.31. The zero-order valence-electron chi connectivity index (χ0n) is 54.0. The Bertz CT molecular complexity index is 4540. The molecule has 16 rings (SSSR count). The monoisotopic (exact) mass is 1350 g/mol. The number of benzene rings is 12. The highest BCUT2D eigenvalue weighted by Gasteiger charge is 2.42. The number of nitrogens with zero attached hydrogens (tertiary/aromatic N) is 4. The predicted octanol–water partition coefficient (Wildman–Crippen LogP) is 7.60. The van der Waals surface area contributed by atoms with Gasteiger partial charge in [0.1, 0.15) is 0 Å². The third kappa shape index (κ3) is 11.8. The summed E-state index contributed by atoms with van der Waals surface area (Å²) in [5.41, 5.74) is 29.5. The van der Waals surface area contributed by atoms with E-state index in [0.717, 1.165) is 63.9 Å². The fourth-order valence-electron chi connectivity index (χ4n) is 13.7. The number of rotatable bonds is 20. The lowest BCUT2D eigenvalue weighted by molar-refractivity contribution is 0.0462. The summed E-state index contributed by atoms with van der Waals surface area (Å²) in [7, 11) is 0. The highest BCUT2D eigenvalue weighted by atomic mass is 16.5. The molecule has 0 aliphatic carbocycles. The van der Waals surface area contributed by atoms with Crippen molar-refractivity contribution in [3.8, 4) is 0 Å². The normalized spacial score (nSPS) is 14.0. The average molecular weight is 1350 g/mol. The van der Waals surface area contributed by atoms with Crippen LogP contribution in [-0.2, 0) is 18.9 Å². The van der Waals surface area contributed by atoms with Crippen LogP contribution in [0.5, 0.6) is 0 Å². The molecule has 0 unspecified atom stereocenters. The molecule has 0 spiro atoms. The number of aliphatic hydroxyl groups is 4. The van der Waals surface area contributed by atoms with Gasteiger partial charge in [0.15, 0.2) is 0 Å². The van der Waals surface area contributed by atoms with E-state index in [1.54, 1.807) is 0 Å². The summed E-state index contributed by atoms with van der Waals surface area (Å²) in [4.78, 5) is 108. The molecule has 0 radical (unpaired) electrons. The van der Waals surface area contributed by atoms with Gasteiger partial charge in [0.05, 0.1) is 105 Å². The van der Waals surface area contributed by atoms with Crippen molar-refractivity contribution in [3.63, 3.8) is 0 Å². The largest absolute Gasteiger partial charge is 0.398 e. The van der Waals surface area contributed by atoms with Crippen molar-refractivity contribution < 1.29 is 77.7 Å². The summed E-state index contributed by atoms with van der Waals surface area (Å²) in [5, 5.41) is 50.6. The Hall–Kier alpha value is -11.3. The molecule has 100 heavy (non-hydrogen) atoms. The summed E-state index contributed by atoms with van der Waals surface area (Å²) < 4.78 is 20.7. The van der Waals surface area contributed by atoms with Gasteiger partial charge in [-0.25, -0.2) is 0 Å². The van der Waals surface area contributed by atoms with Crippen molar-refractivity contribution in [1.29, 1.82) is 0 Å². The first-order chi connectivity index (χ1) is 48.5. The molecule has 24 heteroatoms. The van der Waals surface area contributed by atoms with Crippen molar-refractivity contribution in [2.75, 3.05) is 128 Å². The molecule has 508 valence electrons. The Labute approximate surface area is 569 Å². The summed E-state index contributed by atoms with van der Waals surface area (Å²) in [6, 6.07) is 44.9. The standard InChI is InChI=1S/2C22H22N2O8.2C16H12N2/c2*25-7-11-31-9-5-23-19(27)13-1-2-14-18-16(4-3-15(17(13)18)21(23)29)22(30)24(20(14)28)6-10-32-12-8-26;2*17-13-7-3-9-1-2-10-4-8-14(18)12-6-5-11(13)15(9)16(10)12/h2*1-4,25-26H,5-12H2;2*1-8H,17-18H2. The van der Waals surface area contributed by atoms with E-state index in [0.29, 0.717) is 21.5 Å². The van der Waals surface area contributed by atoms with Gasteiger partial charge in [-0.3, -0.25) is 58.0 Å². The zero-order chi connectivity index (χ0) is 70.2. The number of nitrogen functional groups attached to an aromatic ring is 4. The summed E-state index contributed by atoms with van der Waals surface area (Å²) in [6.45, 7) is 0.118. The third-order valence-electron chi connectivity index (χ3n) is 18.4. The molecule has 4 aliphatic heterocycles. The quantitative estimate of drug-likeness (QED) is 0.0157. The number of ether oxygens (including phenoxy) is 4. The Morgan fingerprint density at radius 3 is 0.570 bits per heavy atom. The number of carbonyl (C=O) groups excluding carboxylic acids is 8. The highest BCUT2D eigenvalue weighted by Crippen LogP contribution is 2.43. The molecule has 12 aromatic carbocycles. The van der Waals surface area contributed by atoms with E-state index in [-0.39, 0.29) is 150 Å². The van der Waals surface area contributed by atoms with Crippen LogP contribution in [0.2, 0.25) is 0 Å². The van der Waals surface area contributed by atoms with Crippen LogP contribution in [-0.4, -0.2) is 193 Å². The molecular formula is C76H68N8O16. The second-order valence-electron chi connectivity index (χ2n) is 24.0. The van der Waals surface area contributed by atoms with Gasteiger partial charge < -0.3 is 62.3 Å². The fraction of sp³-hybridized carbons (Fsp3) is 0.211. The Balaban J connectivity index is 0.000000123. The van der Waals surface area contributed by atoms with Crippen LogP contribution in [0.4, 0.5) is 22.7 Å². The van der Waals surface area contributed by atoms with Crippen molar-refractivity contribution >= 4 is 156 Å². The predicted molar refractivity (Wildman–Crippen MR) is 379 cm³/mol. The van der Waals surface area contributed by atoms with Crippen molar-refractivity contribution in [1.82, 2.24) is 19.6 Å². The van der Waals surface area contributed by atoms with E-state index in [1.165, 1.54) is 91.6 Å². The minimum Gasteiger partial charge on any atom is -0.398 e. The van der Waals surface area contributed by atoms with Crippen LogP contribution < -0.4 is 22.9 Å².